The molecule has 2 saturated carbocycles. The number of benzene rings is 1. The van der Waals surface area contributed by atoms with E-state index in [2.05, 4.69) is 50.9 Å². The molecule has 4 heteroatoms. The average molecular weight is 412 g/mol. The minimum Gasteiger partial charge on any atom is -0.476 e. The third-order valence-electron chi connectivity index (χ3n) is 6.85. The second-order valence-corrected chi connectivity index (χ2v) is 11.4. The van der Waals surface area contributed by atoms with Gasteiger partial charge in [-0.05, 0) is 64.8 Å². The summed E-state index contributed by atoms with van der Waals surface area (Å²) in [6.45, 7) is 9.10. The highest BCUT2D eigenvalue weighted by atomic mass is 32.1. The zero-order chi connectivity index (χ0) is 20.8. The van der Waals surface area contributed by atoms with E-state index >= 15 is 0 Å². The minimum absolute atomic E-state index is 0.0554. The van der Waals surface area contributed by atoms with Gasteiger partial charge in [-0.25, -0.2) is 9.78 Å². The quantitative estimate of drug-likeness (QED) is 0.577. The smallest absolute Gasteiger partial charge is 0.365 e. The molecule has 0 spiro atoms. The summed E-state index contributed by atoms with van der Waals surface area (Å²) < 4.78 is 0. The van der Waals surface area contributed by atoms with E-state index in [0.717, 1.165) is 22.6 Å². The minimum atomic E-state index is -0.910. The third-order valence-corrected chi connectivity index (χ3v) is 7.98. The Balaban J connectivity index is 1.79. The fourth-order valence-electron chi connectivity index (χ4n) is 4.49. The molecule has 0 radical (unpaired) electrons. The summed E-state index contributed by atoms with van der Waals surface area (Å²) in [7, 11) is 0. The average Bonchev–Trinajstić information content (AvgIpc) is 3.28. The number of aromatic nitrogens is 1. The summed E-state index contributed by atoms with van der Waals surface area (Å²) in [6.07, 6.45) is 9.77. The highest BCUT2D eigenvalue weighted by Crippen LogP contribution is 2.49. The highest BCUT2D eigenvalue weighted by Gasteiger charge is 2.40. The number of hydrogen-bond acceptors (Lipinski definition) is 3. The SMILES string of the molecule is CC(C)(C)c1cc(-c2sc(C(=O)O)nc2CC2CCCCC2)cc(C2(C)CC2)c1. The molecule has 1 heterocycles. The molecule has 0 saturated heterocycles. The van der Waals surface area contributed by atoms with Crippen LogP contribution in [-0.4, -0.2) is 16.1 Å². The molecule has 1 N–H and O–H groups in total. The predicted molar refractivity (Wildman–Crippen MR) is 120 cm³/mol. The number of carboxylic acid groups (broad SMARTS) is 1. The third kappa shape index (κ3) is 4.42. The lowest BCUT2D eigenvalue weighted by molar-refractivity contribution is 0.0696. The van der Waals surface area contributed by atoms with Gasteiger partial charge in [0.05, 0.1) is 10.6 Å². The Bertz CT molecular complexity index is 888. The van der Waals surface area contributed by atoms with Crippen LogP contribution >= 0.6 is 11.3 Å². The summed E-state index contributed by atoms with van der Waals surface area (Å²) in [5.41, 5.74) is 5.22. The summed E-state index contributed by atoms with van der Waals surface area (Å²) in [5.74, 6) is -0.273. The molecule has 4 rings (SSSR count). The number of carboxylic acids is 1. The van der Waals surface area contributed by atoms with E-state index < -0.39 is 5.97 Å². The molecule has 1 aromatic carbocycles. The van der Waals surface area contributed by atoms with Crippen LogP contribution in [0, 0.1) is 5.92 Å². The van der Waals surface area contributed by atoms with E-state index in [1.165, 1.54) is 67.4 Å². The molecule has 2 aliphatic carbocycles. The summed E-state index contributed by atoms with van der Waals surface area (Å²) >= 11 is 1.36. The van der Waals surface area contributed by atoms with Crippen molar-refractivity contribution in [2.45, 2.75) is 89.9 Å². The van der Waals surface area contributed by atoms with Gasteiger partial charge in [0.2, 0.25) is 5.01 Å². The Kier molecular flexibility index (Phi) is 5.35. The van der Waals surface area contributed by atoms with E-state index in [0.29, 0.717) is 5.92 Å². The summed E-state index contributed by atoms with van der Waals surface area (Å²) in [6, 6.07) is 6.96. The Hall–Kier alpha value is -1.68. The molecule has 0 amide bonds. The van der Waals surface area contributed by atoms with Crippen LogP contribution < -0.4 is 0 Å². The van der Waals surface area contributed by atoms with Crippen LogP contribution in [0.2, 0.25) is 0 Å². The van der Waals surface area contributed by atoms with Gasteiger partial charge in [0.15, 0.2) is 0 Å². The number of nitrogens with zero attached hydrogens (tertiary/aromatic N) is 1. The van der Waals surface area contributed by atoms with Crippen LogP contribution in [0.3, 0.4) is 0 Å². The first kappa shape index (κ1) is 20.6. The summed E-state index contributed by atoms with van der Waals surface area (Å²) in [4.78, 5) is 17.4. The highest BCUT2D eigenvalue weighted by molar-refractivity contribution is 7.17. The number of carbonyl (C=O) groups is 1. The monoisotopic (exact) mass is 411 g/mol. The molecule has 29 heavy (non-hydrogen) atoms. The van der Waals surface area contributed by atoms with Crippen molar-refractivity contribution in [3.63, 3.8) is 0 Å². The van der Waals surface area contributed by atoms with E-state index in [-0.39, 0.29) is 15.8 Å². The molecule has 0 unspecified atom stereocenters. The van der Waals surface area contributed by atoms with Crippen molar-refractivity contribution >= 4 is 17.3 Å². The molecule has 2 aliphatic rings. The Morgan fingerprint density at radius 1 is 1.17 bits per heavy atom. The van der Waals surface area contributed by atoms with Crippen LogP contribution in [0.15, 0.2) is 18.2 Å². The number of aromatic carboxylic acids is 1. The second kappa shape index (κ2) is 7.54. The first-order valence-electron chi connectivity index (χ1n) is 11.1. The Morgan fingerprint density at radius 3 is 2.45 bits per heavy atom. The lowest BCUT2D eigenvalue weighted by Crippen LogP contribution is -2.13. The molecule has 0 aliphatic heterocycles. The zero-order valence-corrected chi connectivity index (χ0v) is 19.0. The van der Waals surface area contributed by atoms with Gasteiger partial charge in [-0.1, -0.05) is 65.9 Å². The van der Waals surface area contributed by atoms with Crippen molar-refractivity contribution in [3.8, 4) is 10.4 Å². The van der Waals surface area contributed by atoms with Crippen LogP contribution in [-0.2, 0) is 17.3 Å². The fraction of sp³-hybridized carbons (Fsp3) is 0.600. The number of thiazole rings is 1. The van der Waals surface area contributed by atoms with Gasteiger partial charge in [0.1, 0.15) is 0 Å². The topological polar surface area (TPSA) is 50.2 Å². The second-order valence-electron chi connectivity index (χ2n) is 10.4. The summed E-state index contributed by atoms with van der Waals surface area (Å²) in [5, 5.41) is 9.83. The Morgan fingerprint density at radius 2 is 1.86 bits per heavy atom. The standard InChI is InChI=1S/C25H33NO2S/c1-24(2,3)18-13-17(14-19(15-18)25(4)10-11-25)21-20(26-22(29-21)23(27)28)12-16-8-6-5-7-9-16/h13-16H,5-12H2,1-4H3,(H,27,28). The van der Waals surface area contributed by atoms with Crippen LogP contribution in [0.5, 0.6) is 0 Å². The number of rotatable bonds is 5. The van der Waals surface area contributed by atoms with E-state index in [4.69, 9.17) is 0 Å². The van der Waals surface area contributed by atoms with Gasteiger partial charge < -0.3 is 5.11 Å². The predicted octanol–water partition coefficient (Wildman–Crippen LogP) is 6.98. The van der Waals surface area contributed by atoms with Crippen molar-refractivity contribution in [3.05, 3.63) is 40.0 Å². The van der Waals surface area contributed by atoms with Gasteiger partial charge in [0, 0.05) is 0 Å². The largest absolute Gasteiger partial charge is 0.476 e. The van der Waals surface area contributed by atoms with Gasteiger partial charge in [-0.3, -0.25) is 0 Å². The van der Waals surface area contributed by atoms with Crippen molar-refractivity contribution < 1.29 is 9.90 Å². The fourth-order valence-corrected chi connectivity index (χ4v) is 5.41. The molecular formula is C25H33NO2S. The van der Waals surface area contributed by atoms with Crippen LogP contribution in [0.1, 0.15) is 99.3 Å². The van der Waals surface area contributed by atoms with Gasteiger partial charge in [0.25, 0.3) is 0 Å². The van der Waals surface area contributed by atoms with Gasteiger partial charge in [-0.15, -0.1) is 11.3 Å². The van der Waals surface area contributed by atoms with E-state index in [1.807, 2.05) is 0 Å². The van der Waals surface area contributed by atoms with E-state index in [1.54, 1.807) is 0 Å². The van der Waals surface area contributed by atoms with Crippen LogP contribution in [0.4, 0.5) is 0 Å². The van der Waals surface area contributed by atoms with E-state index in [9.17, 15) is 9.90 Å². The van der Waals surface area contributed by atoms with Crippen molar-refractivity contribution in [2.75, 3.05) is 0 Å². The van der Waals surface area contributed by atoms with Gasteiger partial charge >= 0.3 is 5.97 Å². The molecule has 0 atom stereocenters. The first-order chi connectivity index (χ1) is 13.7. The molecule has 0 bridgehead atoms. The maximum absolute atomic E-state index is 11.7. The number of hydrogen-bond donors (Lipinski definition) is 1. The van der Waals surface area contributed by atoms with Crippen LogP contribution in [0.25, 0.3) is 10.4 Å². The van der Waals surface area contributed by atoms with Crippen molar-refractivity contribution in [1.29, 1.82) is 0 Å². The first-order valence-corrected chi connectivity index (χ1v) is 11.9. The molecular weight excluding hydrogens is 378 g/mol. The Labute approximate surface area is 178 Å². The zero-order valence-electron chi connectivity index (χ0n) is 18.2. The van der Waals surface area contributed by atoms with Gasteiger partial charge in [-0.2, -0.15) is 0 Å². The molecule has 156 valence electrons. The lowest BCUT2D eigenvalue weighted by atomic mass is 9.82. The molecule has 3 nitrogen and oxygen atoms in total. The maximum atomic E-state index is 11.7. The normalized spacial score (nSPS) is 19.3. The molecule has 2 aromatic rings. The van der Waals surface area contributed by atoms with Crippen molar-refractivity contribution in [2.24, 2.45) is 5.92 Å². The molecule has 2 fully saturated rings. The molecule has 1 aromatic heterocycles. The lowest BCUT2D eigenvalue weighted by Gasteiger charge is -2.24. The maximum Gasteiger partial charge on any atom is 0.365 e. The van der Waals surface area contributed by atoms with Crippen molar-refractivity contribution in [1.82, 2.24) is 4.98 Å².